The third kappa shape index (κ3) is 4.10. The monoisotopic (exact) mass is 399 g/mol. The molecule has 0 radical (unpaired) electrons. The number of Topliss-reactive ketones (excluding diaryl/α,β-unsaturated/α-hetero) is 1. The summed E-state index contributed by atoms with van der Waals surface area (Å²) in [5.74, 6) is -0.351. The van der Waals surface area contributed by atoms with E-state index in [2.05, 4.69) is 18.2 Å². The van der Waals surface area contributed by atoms with Crippen molar-refractivity contribution >= 4 is 22.7 Å². The van der Waals surface area contributed by atoms with Crippen LogP contribution in [0.15, 0.2) is 79.0 Å². The lowest BCUT2D eigenvalue weighted by atomic mass is 10.0. The summed E-state index contributed by atoms with van der Waals surface area (Å²) in [5, 5.41) is 9.89. The van der Waals surface area contributed by atoms with Gasteiger partial charge in [0.2, 0.25) is 0 Å². The molecule has 0 atom stereocenters. The van der Waals surface area contributed by atoms with Crippen LogP contribution in [0.2, 0.25) is 0 Å². The first-order valence-electron chi connectivity index (χ1n) is 9.64. The van der Waals surface area contributed by atoms with Gasteiger partial charge >= 0.3 is 5.97 Å². The molecule has 0 unspecified atom stereocenters. The molecular formula is C25H21NO4. The van der Waals surface area contributed by atoms with E-state index < -0.39 is 5.97 Å². The Labute approximate surface area is 174 Å². The topological polar surface area (TPSA) is 68.5 Å². The Hall–Kier alpha value is -3.86. The zero-order valence-corrected chi connectivity index (χ0v) is 16.5. The van der Waals surface area contributed by atoms with E-state index in [-0.39, 0.29) is 24.5 Å². The van der Waals surface area contributed by atoms with Crippen LogP contribution in [0.4, 0.5) is 0 Å². The maximum atomic E-state index is 12.5. The fourth-order valence-corrected chi connectivity index (χ4v) is 3.49. The number of fused-ring (bicyclic) bond motifs is 1. The molecule has 3 aromatic carbocycles. The van der Waals surface area contributed by atoms with Crippen LogP contribution in [0.5, 0.6) is 5.75 Å². The molecule has 4 aromatic rings. The van der Waals surface area contributed by atoms with Gasteiger partial charge in [0.25, 0.3) is 0 Å². The van der Waals surface area contributed by atoms with Crippen molar-refractivity contribution in [3.05, 3.63) is 90.1 Å². The summed E-state index contributed by atoms with van der Waals surface area (Å²) < 4.78 is 7.56. The van der Waals surface area contributed by atoms with Crippen molar-refractivity contribution in [2.24, 2.45) is 0 Å². The van der Waals surface area contributed by atoms with Crippen LogP contribution in [0, 0.1) is 6.92 Å². The minimum absolute atomic E-state index is 0.0294. The van der Waals surface area contributed by atoms with Gasteiger partial charge in [0.15, 0.2) is 5.78 Å². The summed E-state index contributed by atoms with van der Waals surface area (Å²) in [6, 6.07) is 22.7. The molecule has 0 spiro atoms. The number of aryl methyl sites for hydroxylation is 1. The Morgan fingerprint density at radius 2 is 1.73 bits per heavy atom. The smallest absolute Gasteiger partial charge is 0.335 e. The van der Waals surface area contributed by atoms with Crippen LogP contribution in [-0.2, 0) is 11.3 Å². The van der Waals surface area contributed by atoms with E-state index in [1.165, 1.54) is 0 Å². The molecule has 0 saturated heterocycles. The van der Waals surface area contributed by atoms with E-state index in [0.29, 0.717) is 5.75 Å². The predicted molar refractivity (Wildman–Crippen MR) is 116 cm³/mol. The Morgan fingerprint density at radius 3 is 2.47 bits per heavy atom. The number of rotatable bonds is 7. The summed E-state index contributed by atoms with van der Waals surface area (Å²) in [6.45, 7) is 2.10. The van der Waals surface area contributed by atoms with Crippen molar-refractivity contribution < 1.29 is 19.4 Å². The van der Waals surface area contributed by atoms with E-state index in [1.807, 2.05) is 43.3 Å². The Morgan fingerprint density at radius 1 is 0.933 bits per heavy atom. The van der Waals surface area contributed by atoms with Crippen LogP contribution < -0.4 is 4.74 Å². The maximum absolute atomic E-state index is 12.5. The van der Waals surface area contributed by atoms with Crippen molar-refractivity contribution in [1.82, 2.24) is 4.57 Å². The number of nitrogens with zero attached hydrogens (tertiary/aromatic N) is 1. The predicted octanol–water partition coefficient (Wildman–Crippen LogP) is 4.96. The standard InChI is InChI=1S/C25H21NO4/c1-17-13-19(18-5-3-2-4-6-18)8-10-24(17)30-16-22(27)15-26-12-11-20-14-21(25(28)29)7-9-23(20)26/h2-14H,15-16H2,1H3,(H,28,29). The number of aromatic carboxylic acids is 1. The first-order valence-corrected chi connectivity index (χ1v) is 9.64. The number of carboxylic acid groups (broad SMARTS) is 1. The summed E-state index contributed by atoms with van der Waals surface area (Å²) in [4.78, 5) is 23.6. The van der Waals surface area contributed by atoms with E-state index in [4.69, 9.17) is 9.84 Å². The minimum atomic E-state index is -0.970. The number of ketones is 1. The largest absolute Gasteiger partial charge is 0.485 e. The maximum Gasteiger partial charge on any atom is 0.335 e. The molecule has 0 aliphatic rings. The number of hydrogen-bond acceptors (Lipinski definition) is 3. The first-order chi connectivity index (χ1) is 14.5. The molecule has 0 bridgehead atoms. The highest BCUT2D eigenvalue weighted by Crippen LogP contribution is 2.26. The molecule has 4 rings (SSSR count). The van der Waals surface area contributed by atoms with Gasteiger partial charge < -0.3 is 14.4 Å². The highest BCUT2D eigenvalue weighted by Gasteiger charge is 2.11. The molecule has 0 aliphatic carbocycles. The number of hydrogen-bond donors (Lipinski definition) is 1. The van der Waals surface area contributed by atoms with Gasteiger partial charge in [-0.2, -0.15) is 0 Å². The summed E-state index contributed by atoms with van der Waals surface area (Å²) in [5.41, 5.74) is 4.25. The fourth-order valence-electron chi connectivity index (χ4n) is 3.49. The number of ether oxygens (including phenoxy) is 1. The number of carbonyl (C=O) groups is 2. The molecule has 1 N–H and O–H groups in total. The van der Waals surface area contributed by atoms with E-state index >= 15 is 0 Å². The number of aromatic nitrogens is 1. The molecule has 0 aliphatic heterocycles. The van der Waals surface area contributed by atoms with Crippen molar-refractivity contribution in [3.8, 4) is 16.9 Å². The lowest BCUT2D eigenvalue weighted by Gasteiger charge is -2.11. The van der Waals surface area contributed by atoms with Gasteiger partial charge in [-0.15, -0.1) is 0 Å². The average Bonchev–Trinajstić information content (AvgIpc) is 3.15. The summed E-state index contributed by atoms with van der Waals surface area (Å²) in [7, 11) is 0. The molecular weight excluding hydrogens is 378 g/mol. The molecule has 5 heteroatoms. The molecule has 30 heavy (non-hydrogen) atoms. The molecule has 0 amide bonds. The van der Waals surface area contributed by atoms with Crippen LogP contribution >= 0.6 is 0 Å². The Kier molecular flexibility index (Phi) is 5.35. The van der Waals surface area contributed by atoms with Crippen LogP contribution in [-0.4, -0.2) is 28.0 Å². The lowest BCUT2D eigenvalue weighted by Crippen LogP contribution is -2.17. The third-order valence-electron chi connectivity index (χ3n) is 5.04. The normalized spacial score (nSPS) is 10.8. The second kappa shape index (κ2) is 8.25. The lowest BCUT2D eigenvalue weighted by molar-refractivity contribution is -0.121. The average molecular weight is 399 g/mol. The van der Waals surface area contributed by atoms with Crippen molar-refractivity contribution in [2.45, 2.75) is 13.5 Å². The van der Waals surface area contributed by atoms with Gasteiger partial charge in [-0.3, -0.25) is 4.79 Å². The molecule has 150 valence electrons. The second-order valence-electron chi connectivity index (χ2n) is 7.20. The molecule has 1 heterocycles. The quantitative estimate of drug-likeness (QED) is 0.477. The number of carboxylic acids is 1. The van der Waals surface area contributed by atoms with Crippen LogP contribution in [0.25, 0.3) is 22.0 Å². The second-order valence-corrected chi connectivity index (χ2v) is 7.20. The highest BCUT2D eigenvalue weighted by molar-refractivity contribution is 5.94. The minimum Gasteiger partial charge on any atom is -0.485 e. The zero-order valence-electron chi connectivity index (χ0n) is 16.5. The van der Waals surface area contributed by atoms with Gasteiger partial charge in [-0.05, 0) is 60.0 Å². The number of carbonyl (C=O) groups excluding carboxylic acids is 1. The fraction of sp³-hybridized carbons (Fsp3) is 0.120. The van der Waals surface area contributed by atoms with Crippen molar-refractivity contribution in [1.29, 1.82) is 0 Å². The Bertz CT molecular complexity index is 1220. The van der Waals surface area contributed by atoms with Crippen LogP contribution in [0.1, 0.15) is 15.9 Å². The van der Waals surface area contributed by atoms with E-state index in [1.54, 1.807) is 29.0 Å². The SMILES string of the molecule is Cc1cc(-c2ccccc2)ccc1OCC(=O)Cn1ccc2cc(C(=O)O)ccc21. The van der Waals surface area contributed by atoms with Crippen molar-refractivity contribution in [3.63, 3.8) is 0 Å². The molecule has 0 fully saturated rings. The summed E-state index contributed by atoms with van der Waals surface area (Å²) in [6.07, 6.45) is 1.79. The van der Waals surface area contributed by atoms with Crippen LogP contribution in [0.3, 0.4) is 0 Å². The zero-order chi connectivity index (χ0) is 21.1. The highest BCUT2D eigenvalue weighted by atomic mass is 16.5. The first kappa shape index (κ1) is 19.5. The van der Waals surface area contributed by atoms with Gasteiger partial charge in [0.05, 0.1) is 12.1 Å². The molecule has 5 nitrogen and oxygen atoms in total. The van der Waals surface area contributed by atoms with Gasteiger partial charge in [0.1, 0.15) is 12.4 Å². The molecule has 1 aromatic heterocycles. The van der Waals surface area contributed by atoms with Gasteiger partial charge in [-0.1, -0.05) is 36.4 Å². The number of benzene rings is 3. The molecule has 0 saturated carbocycles. The Balaban J connectivity index is 1.42. The van der Waals surface area contributed by atoms with E-state index in [9.17, 15) is 9.59 Å². The third-order valence-corrected chi connectivity index (χ3v) is 5.04. The van der Waals surface area contributed by atoms with Gasteiger partial charge in [-0.25, -0.2) is 4.79 Å². The van der Waals surface area contributed by atoms with Gasteiger partial charge in [0, 0.05) is 17.1 Å². The summed E-state index contributed by atoms with van der Waals surface area (Å²) >= 11 is 0. The van der Waals surface area contributed by atoms with E-state index in [0.717, 1.165) is 27.6 Å². The van der Waals surface area contributed by atoms with Crippen molar-refractivity contribution in [2.75, 3.05) is 6.61 Å².